The van der Waals surface area contributed by atoms with Gasteiger partial charge in [0.1, 0.15) is 5.78 Å². The number of carbonyl (C=O) groups is 2. The summed E-state index contributed by atoms with van der Waals surface area (Å²) < 4.78 is 5.66. The summed E-state index contributed by atoms with van der Waals surface area (Å²) in [6.45, 7) is 12.4. The molecular formula is C22H40N2O3. The van der Waals surface area contributed by atoms with Crippen LogP contribution in [-0.2, 0) is 14.3 Å². The summed E-state index contributed by atoms with van der Waals surface area (Å²) >= 11 is 0. The largest absolute Gasteiger partial charge is 0.380 e. The summed E-state index contributed by atoms with van der Waals surface area (Å²) in [6, 6.07) is 0.238. The first-order valence-corrected chi connectivity index (χ1v) is 10.9. The predicted octanol–water partition coefficient (Wildman–Crippen LogP) is 3.42. The molecule has 1 aliphatic carbocycles. The molecule has 2 fully saturated rings. The number of hydrogen-bond donors (Lipinski definition) is 1. The molecule has 5 heteroatoms. The van der Waals surface area contributed by atoms with Gasteiger partial charge in [-0.15, -0.1) is 0 Å². The highest BCUT2D eigenvalue weighted by Gasteiger charge is 2.39. The molecule has 1 N–H and O–H groups in total. The Morgan fingerprint density at radius 1 is 1.04 bits per heavy atom. The molecule has 0 atom stereocenters. The molecule has 1 aliphatic heterocycles. The Kier molecular flexibility index (Phi) is 8.74. The molecule has 0 bridgehead atoms. The highest BCUT2D eigenvalue weighted by atomic mass is 16.5. The van der Waals surface area contributed by atoms with E-state index in [9.17, 15) is 9.59 Å². The molecule has 1 spiro atoms. The van der Waals surface area contributed by atoms with Crippen LogP contribution < -0.4 is 5.32 Å². The predicted molar refractivity (Wildman–Crippen MR) is 109 cm³/mol. The lowest BCUT2D eigenvalue weighted by molar-refractivity contribution is -0.127. The molecule has 0 aromatic carbocycles. The molecule has 156 valence electrons. The second-order valence-electron chi connectivity index (χ2n) is 9.26. The van der Waals surface area contributed by atoms with Crippen LogP contribution in [0.15, 0.2) is 0 Å². The normalized spacial score (nSPS) is 21.1. The molecule has 2 rings (SSSR count). The molecule has 0 aromatic rings. The van der Waals surface area contributed by atoms with Crippen molar-refractivity contribution in [1.29, 1.82) is 0 Å². The number of nitrogens with zero attached hydrogens (tertiary/aromatic N) is 1. The van der Waals surface area contributed by atoms with Crippen molar-refractivity contribution < 1.29 is 14.3 Å². The number of hydrogen-bond acceptors (Lipinski definition) is 4. The average Bonchev–Trinajstić information content (AvgIpc) is 2.63. The zero-order chi connectivity index (χ0) is 19.9. The molecule has 0 unspecified atom stereocenters. The van der Waals surface area contributed by atoms with Gasteiger partial charge in [-0.3, -0.25) is 9.59 Å². The minimum atomic E-state index is 0.110. The maximum atomic E-state index is 12.2. The Balaban J connectivity index is 1.60. The zero-order valence-electron chi connectivity index (χ0n) is 17.9. The minimum Gasteiger partial charge on any atom is -0.380 e. The van der Waals surface area contributed by atoms with Gasteiger partial charge in [-0.25, -0.2) is 0 Å². The third kappa shape index (κ3) is 7.19. The summed E-state index contributed by atoms with van der Waals surface area (Å²) in [5.41, 5.74) is 0.468. The second kappa shape index (κ2) is 10.6. The van der Waals surface area contributed by atoms with Gasteiger partial charge in [0, 0.05) is 30.8 Å². The standard InChI is InChI=1S/C22H40N2O3/c1-17(2)20(25)7-15-27-16-14-24-12-10-22(11-13-24)8-5-19(6-9-22)21(26)23-18(3)4/h17-19H,5-16H2,1-4H3,(H,23,26). The molecule has 5 nitrogen and oxygen atoms in total. The van der Waals surface area contributed by atoms with Crippen LogP contribution in [0.25, 0.3) is 0 Å². The SMILES string of the molecule is CC(C)NC(=O)C1CCC2(CC1)CCN(CCOCCC(=O)C(C)C)CC2. The van der Waals surface area contributed by atoms with Crippen LogP contribution in [-0.4, -0.2) is 55.5 Å². The first-order valence-electron chi connectivity index (χ1n) is 10.9. The van der Waals surface area contributed by atoms with Crippen molar-refractivity contribution in [2.24, 2.45) is 17.3 Å². The summed E-state index contributed by atoms with van der Waals surface area (Å²) in [5.74, 6) is 0.870. The summed E-state index contributed by atoms with van der Waals surface area (Å²) in [7, 11) is 0. The first-order chi connectivity index (χ1) is 12.8. The van der Waals surface area contributed by atoms with Gasteiger partial charge in [0.05, 0.1) is 13.2 Å². The van der Waals surface area contributed by atoms with Gasteiger partial charge in [0.25, 0.3) is 0 Å². The summed E-state index contributed by atoms with van der Waals surface area (Å²) in [6.07, 6.45) is 7.52. The molecule has 1 amide bonds. The van der Waals surface area contributed by atoms with Crippen molar-refractivity contribution in [3.63, 3.8) is 0 Å². The van der Waals surface area contributed by atoms with Crippen molar-refractivity contribution in [2.75, 3.05) is 32.8 Å². The van der Waals surface area contributed by atoms with Crippen molar-refractivity contribution in [1.82, 2.24) is 10.2 Å². The number of likely N-dealkylation sites (tertiary alicyclic amines) is 1. The van der Waals surface area contributed by atoms with Gasteiger partial charge in [-0.05, 0) is 70.9 Å². The lowest BCUT2D eigenvalue weighted by atomic mass is 9.65. The van der Waals surface area contributed by atoms with E-state index < -0.39 is 0 Å². The van der Waals surface area contributed by atoms with Crippen LogP contribution in [0.1, 0.15) is 72.6 Å². The molecular weight excluding hydrogens is 340 g/mol. The van der Waals surface area contributed by atoms with E-state index in [1.54, 1.807) is 0 Å². The van der Waals surface area contributed by atoms with Crippen LogP contribution >= 0.6 is 0 Å². The Bertz CT molecular complexity index is 472. The molecule has 27 heavy (non-hydrogen) atoms. The van der Waals surface area contributed by atoms with E-state index in [2.05, 4.69) is 10.2 Å². The third-order valence-corrected chi connectivity index (χ3v) is 6.45. The van der Waals surface area contributed by atoms with Gasteiger partial charge in [-0.2, -0.15) is 0 Å². The fourth-order valence-electron chi connectivity index (χ4n) is 4.40. The lowest BCUT2D eigenvalue weighted by Gasteiger charge is -2.45. The van der Waals surface area contributed by atoms with Crippen molar-refractivity contribution >= 4 is 11.7 Å². The van der Waals surface area contributed by atoms with E-state index >= 15 is 0 Å². The van der Waals surface area contributed by atoms with Crippen LogP contribution in [0.3, 0.4) is 0 Å². The average molecular weight is 381 g/mol. The smallest absolute Gasteiger partial charge is 0.223 e. The van der Waals surface area contributed by atoms with Crippen LogP contribution in [0, 0.1) is 17.3 Å². The number of piperidine rings is 1. The molecule has 0 aromatic heterocycles. The fraction of sp³-hybridized carbons (Fsp3) is 0.909. The molecule has 1 saturated carbocycles. The monoisotopic (exact) mass is 380 g/mol. The van der Waals surface area contributed by atoms with E-state index in [1.165, 1.54) is 25.7 Å². The van der Waals surface area contributed by atoms with E-state index in [-0.39, 0.29) is 29.6 Å². The van der Waals surface area contributed by atoms with E-state index in [1.807, 2.05) is 27.7 Å². The van der Waals surface area contributed by atoms with Gasteiger partial charge in [0.15, 0.2) is 0 Å². The summed E-state index contributed by atoms with van der Waals surface area (Å²) in [5, 5.41) is 3.08. The topological polar surface area (TPSA) is 58.6 Å². The first kappa shape index (κ1) is 22.4. The summed E-state index contributed by atoms with van der Waals surface area (Å²) in [4.78, 5) is 26.3. The van der Waals surface area contributed by atoms with Crippen LogP contribution in [0.5, 0.6) is 0 Å². The minimum absolute atomic E-state index is 0.110. The second-order valence-corrected chi connectivity index (χ2v) is 9.26. The maximum absolute atomic E-state index is 12.2. The number of amides is 1. The van der Waals surface area contributed by atoms with Crippen molar-refractivity contribution in [3.05, 3.63) is 0 Å². The number of nitrogens with one attached hydrogen (secondary N) is 1. The van der Waals surface area contributed by atoms with E-state index in [0.29, 0.717) is 18.4 Å². The zero-order valence-corrected chi connectivity index (χ0v) is 17.9. The number of Topliss-reactive ketones (excluding diaryl/α,β-unsaturated/α-hetero) is 1. The number of ketones is 1. The Morgan fingerprint density at radius 2 is 1.67 bits per heavy atom. The number of rotatable bonds is 9. The van der Waals surface area contributed by atoms with Crippen molar-refractivity contribution in [3.8, 4) is 0 Å². The lowest BCUT2D eigenvalue weighted by Crippen LogP contribution is -2.45. The molecule has 0 radical (unpaired) electrons. The fourth-order valence-corrected chi connectivity index (χ4v) is 4.40. The van der Waals surface area contributed by atoms with Gasteiger partial charge in [0.2, 0.25) is 5.91 Å². The highest BCUT2D eigenvalue weighted by Crippen LogP contribution is 2.46. The van der Waals surface area contributed by atoms with E-state index in [4.69, 9.17) is 4.74 Å². The number of ether oxygens (including phenoxy) is 1. The van der Waals surface area contributed by atoms with E-state index in [0.717, 1.165) is 39.1 Å². The van der Waals surface area contributed by atoms with Gasteiger partial charge < -0.3 is 15.0 Å². The molecule has 2 aliphatic rings. The van der Waals surface area contributed by atoms with Gasteiger partial charge in [-0.1, -0.05) is 13.8 Å². The Hall–Kier alpha value is -0.940. The molecule has 1 saturated heterocycles. The quantitative estimate of drug-likeness (QED) is 0.623. The van der Waals surface area contributed by atoms with Crippen LogP contribution in [0.4, 0.5) is 0 Å². The molecule has 1 heterocycles. The third-order valence-electron chi connectivity index (χ3n) is 6.45. The van der Waals surface area contributed by atoms with Gasteiger partial charge >= 0.3 is 0 Å². The van der Waals surface area contributed by atoms with Crippen molar-refractivity contribution in [2.45, 2.75) is 78.7 Å². The van der Waals surface area contributed by atoms with Crippen LogP contribution in [0.2, 0.25) is 0 Å². The number of carbonyl (C=O) groups excluding carboxylic acids is 2. The Labute approximate surface area is 165 Å². The highest BCUT2D eigenvalue weighted by molar-refractivity contribution is 5.80. The maximum Gasteiger partial charge on any atom is 0.223 e. The Morgan fingerprint density at radius 3 is 2.22 bits per heavy atom.